The van der Waals surface area contributed by atoms with Crippen molar-refractivity contribution in [3.63, 3.8) is 0 Å². The number of phenolic OH excluding ortho intramolecular Hbond substituents is 1. The SMILES string of the molecule is Cc1ccc(O)c(CON)c1. The molecule has 0 radical (unpaired) electrons. The van der Waals surface area contributed by atoms with Gasteiger partial charge in [-0.2, -0.15) is 0 Å². The first-order valence-electron chi connectivity index (χ1n) is 3.34. The molecule has 1 aromatic carbocycles. The summed E-state index contributed by atoms with van der Waals surface area (Å²) in [4.78, 5) is 4.40. The lowest BCUT2D eigenvalue weighted by atomic mass is 10.1. The molecule has 0 fully saturated rings. The molecule has 0 aliphatic rings. The van der Waals surface area contributed by atoms with E-state index in [0.717, 1.165) is 5.56 Å². The Morgan fingerprint density at radius 1 is 1.55 bits per heavy atom. The molecule has 60 valence electrons. The summed E-state index contributed by atoms with van der Waals surface area (Å²) in [7, 11) is 0. The maximum absolute atomic E-state index is 9.23. The first-order valence-corrected chi connectivity index (χ1v) is 3.34. The minimum Gasteiger partial charge on any atom is -0.508 e. The molecule has 3 nitrogen and oxygen atoms in total. The van der Waals surface area contributed by atoms with E-state index in [1.54, 1.807) is 6.07 Å². The fourth-order valence-electron chi connectivity index (χ4n) is 0.920. The number of nitrogens with two attached hydrogens (primary N) is 1. The van der Waals surface area contributed by atoms with Crippen LogP contribution < -0.4 is 5.90 Å². The molecule has 0 amide bonds. The molecule has 0 heterocycles. The van der Waals surface area contributed by atoms with Gasteiger partial charge in [-0.25, -0.2) is 5.90 Å². The molecule has 0 atom stereocenters. The molecule has 0 unspecified atom stereocenters. The molecular formula is C8H11NO2. The van der Waals surface area contributed by atoms with E-state index < -0.39 is 0 Å². The summed E-state index contributed by atoms with van der Waals surface area (Å²) in [6, 6.07) is 5.29. The van der Waals surface area contributed by atoms with Gasteiger partial charge in [0.1, 0.15) is 5.75 Å². The van der Waals surface area contributed by atoms with E-state index in [1.165, 1.54) is 0 Å². The first-order chi connectivity index (χ1) is 5.24. The molecule has 1 aromatic rings. The summed E-state index contributed by atoms with van der Waals surface area (Å²) in [5.74, 6) is 5.09. The van der Waals surface area contributed by atoms with Gasteiger partial charge in [0.05, 0.1) is 6.61 Å². The molecule has 0 spiro atoms. The number of hydrogen-bond donors (Lipinski definition) is 2. The van der Waals surface area contributed by atoms with Gasteiger partial charge in [0, 0.05) is 5.56 Å². The van der Waals surface area contributed by atoms with Crippen LogP contribution in [-0.4, -0.2) is 5.11 Å². The Morgan fingerprint density at radius 3 is 2.91 bits per heavy atom. The fraction of sp³-hybridized carbons (Fsp3) is 0.250. The van der Waals surface area contributed by atoms with Gasteiger partial charge in [-0.3, -0.25) is 4.84 Å². The zero-order chi connectivity index (χ0) is 8.27. The van der Waals surface area contributed by atoms with Crippen molar-refractivity contribution in [2.24, 2.45) is 5.90 Å². The predicted octanol–water partition coefficient (Wildman–Crippen LogP) is 1.09. The highest BCUT2D eigenvalue weighted by atomic mass is 16.6. The molecule has 0 bridgehead atoms. The van der Waals surface area contributed by atoms with Crippen LogP contribution >= 0.6 is 0 Å². The zero-order valence-electron chi connectivity index (χ0n) is 6.37. The number of aromatic hydroxyl groups is 1. The summed E-state index contributed by atoms with van der Waals surface area (Å²) in [5, 5.41) is 9.23. The summed E-state index contributed by atoms with van der Waals surface area (Å²) in [6.07, 6.45) is 0. The average molecular weight is 153 g/mol. The van der Waals surface area contributed by atoms with Gasteiger partial charge < -0.3 is 5.11 Å². The van der Waals surface area contributed by atoms with Crippen molar-refractivity contribution in [1.82, 2.24) is 0 Å². The Bertz CT molecular complexity index is 248. The predicted molar refractivity (Wildman–Crippen MR) is 41.8 cm³/mol. The van der Waals surface area contributed by atoms with Crippen LogP contribution in [0.4, 0.5) is 0 Å². The second kappa shape index (κ2) is 3.37. The number of benzene rings is 1. The Morgan fingerprint density at radius 2 is 2.27 bits per heavy atom. The molecule has 3 N–H and O–H groups in total. The third kappa shape index (κ3) is 1.93. The van der Waals surface area contributed by atoms with Crippen molar-refractivity contribution in [2.45, 2.75) is 13.5 Å². The van der Waals surface area contributed by atoms with E-state index in [0.29, 0.717) is 5.56 Å². The topological polar surface area (TPSA) is 55.5 Å². The van der Waals surface area contributed by atoms with Crippen molar-refractivity contribution in [1.29, 1.82) is 0 Å². The number of aryl methyl sites for hydroxylation is 1. The van der Waals surface area contributed by atoms with E-state index in [9.17, 15) is 5.11 Å². The Balaban J connectivity index is 2.93. The van der Waals surface area contributed by atoms with Gasteiger partial charge in [0.25, 0.3) is 0 Å². The summed E-state index contributed by atoms with van der Waals surface area (Å²) >= 11 is 0. The van der Waals surface area contributed by atoms with Gasteiger partial charge in [0.15, 0.2) is 0 Å². The van der Waals surface area contributed by atoms with Crippen LogP contribution in [-0.2, 0) is 11.4 Å². The largest absolute Gasteiger partial charge is 0.508 e. The van der Waals surface area contributed by atoms with E-state index in [1.807, 2.05) is 19.1 Å². The monoisotopic (exact) mass is 153 g/mol. The highest BCUT2D eigenvalue weighted by Crippen LogP contribution is 2.18. The quantitative estimate of drug-likeness (QED) is 0.625. The molecule has 0 saturated carbocycles. The van der Waals surface area contributed by atoms with Crippen molar-refractivity contribution >= 4 is 0 Å². The first kappa shape index (κ1) is 8.04. The molecule has 11 heavy (non-hydrogen) atoms. The van der Waals surface area contributed by atoms with Crippen LogP contribution in [0.2, 0.25) is 0 Å². The normalized spacial score (nSPS) is 10.0. The third-order valence-electron chi connectivity index (χ3n) is 1.47. The third-order valence-corrected chi connectivity index (χ3v) is 1.47. The molecule has 0 aromatic heterocycles. The Kier molecular flexibility index (Phi) is 2.46. The van der Waals surface area contributed by atoms with Gasteiger partial charge in [-0.15, -0.1) is 0 Å². The highest BCUT2D eigenvalue weighted by molar-refractivity contribution is 5.34. The minimum atomic E-state index is 0.223. The van der Waals surface area contributed by atoms with Crippen molar-refractivity contribution in [2.75, 3.05) is 0 Å². The van der Waals surface area contributed by atoms with Crippen LogP contribution in [0.1, 0.15) is 11.1 Å². The molecule has 0 saturated heterocycles. The molecular weight excluding hydrogens is 142 g/mol. The van der Waals surface area contributed by atoms with Crippen molar-refractivity contribution in [3.05, 3.63) is 29.3 Å². The highest BCUT2D eigenvalue weighted by Gasteiger charge is 1.99. The smallest absolute Gasteiger partial charge is 0.121 e. The van der Waals surface area contributed by atoms with Crippen LogP contribution in [0.5, 0.6) is 5.75 Å². The summed E-state index contributed by atoms with van der Waals surface area (Å²) in [5.41, 5.74) is 1.79. The Labute approximate surface area is 65.4 Å². The molecule has 3 heteroatoms. The zero-order valence-corrected chi connectivity index (χ0v) is 6.37. The lowest BCUT2D eigenvalue weighted by Gasteiger charge is -2.02. The lowest BCUT2D eigenvalue weighted by molar-refractivity contribution is 0.122. The van der Waals surface area contributed by atoms with Gasteiger partial charge in [-0.1, -0.05) is 11.6 Å². The maximum atomic E-state index is 9.23. The lowest BCUT2D eigenvalue weighted by Crippen LogP contribution is -1.99. The van der Waals surface area contributed by atoms with Crippen LogP contribution in [0, 0.1) is 6.92 Å². The average Bonchev–Trinajstić information content (AvgIpc) is 1.98. The second-order valence-corrected chi connectivity index (χ2v) is 2.44. The van der Waals surface area contributed by atoms with Crippen LogP contribution in [0.15, 0.2) is 18.2 Å². The minimum absolute atomic E-state index is 0.223. The summed E-state index contributed by atoms with van der Waals surface area (Å²) < 4.78 is 0. The van der Waals surface area contributed by atoms with E-state index >= 15 is 0 Å². The van der Waals surface area contributed by atoms with E-state index in [2.05, 4.69) is 4.84 Å². The Hall–Kier alpha value is -1.06. The van der Waals surface area contributed by atoms with Crippen LogP contribution in [0.3, 0.4) is 0 Å². The van der Waals surface area contributed by atoms with E-state index in [-0.39, 0.29) is 12.4 Å². The van der Waals surface area contributed by atoms with E-state index in [4.69, 9.17) is 5.90 Å². The molecule has 1 rings (SSSR count). The molecule has 0 aliphatic heterocycles. The molecule has 0 aliphatic carbocycles. The number of rotatable bonds is 2. The van der Waals surface area contributed by atoms with Gasteiger partial charge >= 0.3 is 0 Å². The van der Waals surface area contributed by atoms with Gasteiger partial charge in [0.2, 0.25) is 0 Å². The van der Waals surface area contributed by atoms with Crippen molar-refractivity contribution in [3.8, 4) is 5.75 Å². The van der Waals surface area contributed by atoms with Crippen LogP contribution in [0.25, 0.3) is 0 Å². The maximum Gasteiger partial charge on any atom is 0.121 e. The standard InChI is InChI=1S/C8H11NO2/c1-6-2-3-8(10)7(4-6)5-11-9/h2-4,10H,5,9H2,1H3. The summed E-state index contributed by atoms with van der Waals surface area (Å²) in [6.45, 7) is 2.19. The number of phenols is 1. The van der Waals surface area contributed by atoms with Gasteiger partial charge in [-0.05, 0) is 19.1 Å². The second-order valence-electron chi connectivity index (χ2n) is 2.44. The van der Waals surface area contributed by atoms with Crippen molar-refractivity contribution < 1.29 is 9.94 Å². The fourth-order valence-corrected chi connectivity index (χ4v) is 0.920. The number of hydrogen-bond acceptors (Lipinski definition) is 3.